The highest BCUT2D eigenvalue weighted by atomic mass is 32.1. The highest BCUT2D eigenvalue weighted by Crippen LogP contribution is 2.33. The van der Waals surface area contributed by atoms with Gasteiger partial charge in [-0.05, 0) is 30.2 Å². The van der Waals surface area contributed by atoms with Gasteiger partial charge in [0.15, 0.2) is 0 Å². The fraction of sp³-hybridized carbons (Fsp3) is 0.214. The molecule has 1 aliphatic heterocycles. The number of benzene rings is 1. The second kappa shape index (κ2) is 5.71. The van der Waals surface area contributed by atoms with Crippen molar-refractivity contribution in [3.8, 4) is 5.06 Å². The molecule has 2 N–H and O–H groups in total. The Morgan fingerprint density at radius 1 is 1.43 bits per heavy atom. The van der Waals surface area contributed by atoms with Crippen LogP contribution in [0.5, 0.6) is 5.06 Å². The number of fused-ring (bicyclic) bond motifs is 1. The first-order valence-corrected chi connectivity index (χ1v) is 7.22. The molecule has 0 unspecified atom stereocenters. The Morgan fingerprint density at radius 3 is 3.00 bits per heavy atom. The molecule has 21 heavy (non-hydrogen) atoms. The Morgan fingerprint density at radius 2 is 2.24 bits per heavy atom. The van der Waals surface area contributed by atoms with E-state index in [-0.39, 0.29) is 11.7 Å². The molecule has 1 aliphatic rings. The molecule has 2 heterocycles. The maximum atomic E-state index is 13.5. The number of halogens is 1. The summed E-state index contributed by atoms with van der Waals surface area (Å²) in [5.74, 6) is -0.462. The van der Waals surface area contributed by atoms with Gasteiger partial charge < -0.3 is 15.1 Å². The van der Waals surface area contributed by atoms with E-state index in [9.17, 15) is 9.18 Å². The highest BCUT2D eigenvalue weighted by Gasteiger charge is 2.24. The fourth-order valence-electron chi connectivity index (χ4n) is 2.27. The molecule has 0 fully saturated rings. The summed E-state index contributed by atoms with van der Waals surface area (Å²) < 4.78 is 13.5. The van der Waals surface area contributed by atoms with E-state index >= 15 is 0 Å². The third-order valence-corrected chi connectivity index (χ3v) is 4.38. The van der Waals surface area contributed by atoms with E-state index in [4.69, 9.17) is 5.26 Å². The molecule has 3 rings (SSSR count). The largest absolute Gasteiger partial charge is 0.329 e. The molecule has 2 aromatic rings. The van der Waals surface area contributed by atoms with Gasteiger partial charge in [0.25, 0.3) is 0 Å². The summed E-state index contributed by atoms with van der Waals surface area (Å²) >= 11 is 1.30. The Hall–Kier alpha value is -2.12. The van der Waals surface area contributed by atoms with Crippen molar-refractivity contribution in [1.29, 1.82) is 0 Å². The van der Waals surface area contributed by atoms with Crippen LogP contribution in [-0.4, -0.2) is 22.7 Å². The van der Waals surface area contributed by atoms with E-state index in [1.54, 1.807) is 23.1 Å². The number of nitrogens with zero attached hydrogens (tertiary/aromatic N) is 1. The lowest BCUT2D eigenvalue weighted by atomic mass is 10.1. The monoisotopic (exact) mass is 308 g/mol. The summed E-state index contributed by atoms with van der Waals surface area (Å²) in [6.45, 7) is 0.957. The van der Waals surface area contributed by atoms with Crippen LogP contribution < -0.4 is 10.2 Å². The molecule has 0 bridgehead atoms. The van der Waals surface area contributed by atoms with Crippen molar-refractivity contribution in [2.24, 2.45) is 0 Å². The van der Waals surface area contributed by atoms with Crippen LogP contribution in [0.3, 0.4) is 0 Å². The lowest BCUT2D eigenvalue weighted by molar-refractivity contribution is -0.133. The molecule has 0 atom stereocenters. The van der Waals surface area contributed by atoms with Crippen molar-refractivity contribution in [2.75, 3.05) is 11.9 Å². The third-order valence-electron chi connectivity index (χ3n) is 3.35. The van der Waals surface area contributed by atoms with Crippen molar-refractivity contribution in [3.05, 3.63) is 46.6 Å². The molecule has 1 aromatic carbocycles. The minimum absolute atomic E-state index is 0.166. The number of nitrogens with one attached hydrogen (secondary N) is 1. The lowest BCUT2D eigenvalue weighted by Gasteiger charge is -2.26. The van der Waals surface area contributed by atoms with Crippen LogP contribution in [0.2, 0.25) is 0 Å². The Kier molecular flexibility index (Phi) is 3.76. The Balaban J connectivity index is 1.71. The number of thiophene rings is 1. The van der Waals surface area contributed by atoms with E-state index in [1.165, 1.54) is 23.5 Å². The molecular formula is C14H13FN2O3S. The van der Waals surface area contributed by atoms with E-state index in [1.807, 2.05) is 0 Å². The zero-order valence-electron chi connectivity index (χ0n) is 11.0. The number of hydrogen-bond acceptors (Lipinski definition) is 4. The van der Waals surface area contributed by atoms with Crippen LogP contribution in [0.4, 0.5) is 14.9 Å². The van der Waals surface area contributed by atoms with E-state index in [0.717, 1.165) is 10.4 Å². The van der Waals surface area contributed by atoms with Crippen LogP contribution in [0.1, 0.15) is 10.4 Å². The van der Waals surface area contributed by atoms with Gasteiger partial charge >= 0.3 is 6.03 Å². The first kappa shape index (κ1) is 13.8. The molecule has 2 amide bonds. The number of amides is 2. The number of para-hydroxylation sites is 1. The maximum Gasteiger partial charge on any atom is 0.322 e. The van der Waals surface area contributed by atoms with Gasteiger partial charge in [0.1, 0.15) is 5.82 Å². The standard InChI is InChI=1S/C14H13FN2O3S/c15-10-3-1-2-4-11(10)16-14(18)17-6-5-9-7-13(20-19)21-12(9)8-17/h1-4,7,19H,5-6,8H2,(H,16,18). The molecule has 0 aliphatic carbocycles. The maximum absolute atomic E-state index is 13.5. The van der Waals surface area contributed by atoms with Crippen molar-refractivity contribution in [1.82, 2.24) is 4.90 Å². The van der Waals surface area contributed by atoms with Crippen LogP contribution in [-0.2, 0) is 13.0 Å². The molecule has 0 radical (unpaired) electrons. The second-order valence-electron chi connectivity index (χ2n) is 4.69. The molecule has 1 aromatic heterocycles. The van der Waals surface area contributed by atoms with Crippen molar-refractivity contribution in [2.45, 2.75) is 13.0 Å². The van der Waals surface area contributed by atoms with E-state index in [0.29, 0.717) is 24.6 Å². The third kappa shape index (κ3) is 2.84. The number of urea groups is 1. The van der Waals surface area contributed by atoms with Gasteiger partial charge in [0, 0.05) is 11.4 Å². The molecular weight excluding hydrogens is 295 g/mol. The fourth-order valence-corrected chi connectivity index (χ4v) is 3.26. The van der Waals surface area contributed by atoms with Gasteiger partial charge in [0.05, 0.1) is 12.2 Å². The first-order chi connectivity index (χ1) is 10.2. The first-order valence-electron chi connectivity index (χ1n) is 6.41. The molecule has 7 heteroatoms. The second-order valence-corrected chi connectivity index (χ2v) is 5.79. The lowest BCUT2D eigenvalue weighted by Crippen LogP contribution is -2.38. The molecule has 0 saturated carbocycles. The normalized spacial score (nSPS) is 13.7. The number of carbonyl (C=O) groups excluding carboxylic acids is 1. The minimum Gasteiger partial charge on any atom is -0.329 e. The van der Waals surface area contributed by atoms with Crippen LogP contribution >= 0.6 is 11.3 Å². The molecule has 110 valence electrons. The molecule has 0 saturated heterocycles. The summed E-state index contributed by atoms with van der Waals surface area (Å²) in [5, 5.41) is 11.6. The number of rotatable bonds is 2. The van der Waals surface area contributed by atoms with Crippen LogP contribution in [0.15, 0.2) is 30.3 Å². The summed E-state index contributed by atoms with van der Waals surface area (Å²) in [5.41, 5.74) is 1.23. The SMILES string of the molecule is O=C(Nc1ccccc1F)N1CCc2cc(OO)sc2C1. The van der Waals surface area contributed by atoms with Gasteiger partial charge in [-0.25, -0.2) is 14.4 Å². The highest BCUT2D eigenvalue weighted by molar-refractivity contribution is 7.14. The summed E-state index contributed by atoms with van der Waals surface area (Å²) in [6.07, 6.45) is 0.680. The van der Waals surface area contributed by atoms with E-state index in [2.05, 4.69) is 10.2 Å². The van der Waals surface area contributed by atoms with Crippen molar-refractivity contribution in [3.63, 3.8) is 0 Å². The van der Waals surface area contributed by atoms with Gasteiger partial charge in [-0.3, -0.25) is 0 Å². The predicted molar refractivity (Wildman–Crippen MR) is 77.1 cm³/mol. The summed E-state index contributed by atoms with van der Waals surface area (Å²) in [4.78, 5) is 19.0. The number of hydrogen-bond donors (Lipinski definition) is 2. The Bertz CT molecular complexity index is 674. The van der Waals surface area contributed by atoms with Gasteiger partial charge in [-0.1, -0.05) is 23.5 Å². The minimum atomic E-state index is -0.462. The summed E-state index contributed by atoms with van der Waals surface area (Å²) in [7, 11) is 0. The van der Waals surface area contributed by atoms with Gasteiger partial charge in [-0.2, -0.15) is 0 Å². The topological polar surface area (TPSA) is 61.8 Å². The molecule has 0 spiro atoms. The average Bonchev–Trinajstić information content (AvgIpc) is 2.91. The zero-order valence-corrected chi connectivity index (χ0v) is 11.8. The number of carbonyl (C=O) groups is 1. The predicted octanol–water partition coefficient (Wildman–Crippen LogP) is 3.33. The smallest absolute Gasteiger partial charge is 0.322 e. The summed E-state index contributed by atoms with van der Waals surface area (Å²) in [6, 6.07) is 7.48. The molecule has 5 nitrogen and oxygen atoms in total. The van der Waals surface area contributed by atoms with Gasteiger partial charge in [-0.15, -0.1) is 0 Å². The quantitative estimate of drug-likeness (QED) is 0.661. The van der Waals surface area contributed by atoms with Crippen LogP contribution in [0, 0.1) is 5.82 Å². The average molecular weight is 308 g/mol. The van der Waals surface area contributed by atoms with Gasteiger partial charge in [0.2, 0.25) is 5.06 Å². The Labute approximate surface area is 124 Å². The van der Waals surface area contributed by atoms with Crippen LogP contribution in [0.25, 0.3) is 0 Å². The van der Waals surface area contributed by atoms with Crippen molar-refractivity contribution >= 4 is 23.1 Å². The van der Waals surface area contributed by atoms with Crippen molar-refractivity contribution < 1.29 is 19.3 Å². The number of anilines is 1. The zero-order chi connectivity index (χ0) is 14.8. The van der Waals surface area contributed by atoms with E-state index < -0.39 is 5.82 Å².